The smallest absolute Gasteiger partial charge is 0.291 e. The van der Waals surface area contributed by atoms with Crippen LogP contribution in [0.15, 0.2) is 24.3 Å². The summed E-state index contributed by atoms with van der Waals surface area (Å²) < 4.78 is 6.77. The first kappa shape index (κ1) is 20.5. The van der Waals surface area contributed by atoms with E-state index in [1.54, 1.807) is 31.4 Å². The fraction of sp³-hybridized carbons (Fsp3) is 0.400. The molecule has 0 aliphatic carbocycles. The van der Waals surface area contributed by atoms with Crippen molar-refractivity contribution < 1.29 is 19.1 Å². The van der Waals surface area contributed by atoms with Gasteiger partial charge < -0.3 is 25.3 Å². The molecule has 29 heavy (non-hydrogen) atoms. The Morgan fingerprint density at radius 2 is 1.90 bits per heavy atom. The van der Waals surface area contributed by atoms with Gasteiger partial charge in [0.15, 0.2) is 5.82 Å². The van der Waals surface area contributed by atoms with E-state index >= 15 is 0 Å². The van der Waals surface area contributed by atoms with Gasteiger partial charge in [0.2, 0.25) is 5.91 Å². The molecule has 154 valence electrons. The molecule has 9 heteroatoms. The summed E-state index contributed by atoms with van der Waals surface area (Å²) in [6, 6.07) is 6.85. The van der Waals surface area contributed by atoms with E-state index < -0.39 is 5.91 Å². The molecule has 3 N–H and O–H groups in total. The fourth-order valence-electron chi connectivity index (χ4n) is 3.31. The van der Waals surface area contributed by atoms with Crippen LogP contribution in [0.4, 0.5) is 11.4 Å². The molecular formula is C20H25N5O4. The molecule has 0 saturated carbocycles. The van der Waals surface area contributed by atoms with E-state index in [2.05, 4.69) is 20.9 Å². The molecule has 2 heterocycles. The highest BCUT2D eigenvalue weighted by atomic mass is 16.5. The Kier molecular flexibility index (Phi) is 6.61. The van der Waals surface area contributed by atoms with Gasteiger partial charge in [-0.25, -0.2) is 4.98 Å². The van der Waals surface area contributed by atoms with Gasteiger partial charge in [-0.2, -0.15) is 0 Å². The molecule has 1 aliphatic heterocycles. The molecule has 0 atom stereocenters. The van der Waals surface area contributed by atoms with Crippen LogP contribution >= 0.6 is 0 Å². The number of imidazole rings is 1. The molecule has 1 aromatic heterocycles. The third-order valence-corrected chi connectivity index (χ3v) is 4.57. The Bertz CT molecular complexity index is 922. The Balaban J connectivity index is 1.82. The zero-order valence-corrected chi connectivity index (χ0v) is 16.6. The maximum Gasteiger partial charge on any atom is 0.291 e. The van der Waals surface area contributed by atoms with Crippen LogP contribution in [0.1, 0.15) is 46.6 Å². The van der Waals surface area contributed by atoms with Crippen LogP contribution in [0.3, 0.4) is 0 Å². The van der Waals surface area contributed by atoms with Gasteiger partial charge in [-0.1, -0.05) is 6.07 Å². The summed E-state index contributed by atoms with van der Waals surface area (Å²) in [4.78, 5) is 41.0. The zero-order chi connectivity index (χ0) is 20.8. The number of hydrogen-bond donors (Lipinski definition) is 3. The highest BCUT2D eigenvalue weighted by Gasteiger charge is 2.27. The third-order valence-electron chi connectivity index (χ3n) is 4.57. The number of hydrogen-bond acceptors (Lipinski definition) is 5. The van der Waals surface area contributed by atoms with Crippen molar-refractivity contribution >= 4 is 29.1 Å². The lowest BCUT2D eigenvalue weighted by molar-refractivity contribution is -0.114. The number of fused-ring (bicyclic) bond motifs is 1. The molecule has 0 fully saturated rings. The van der Waals surface area contributed by atoms with Gasteiger partial charge in [-0.15, -0.1) is 0 Å². The lowest BCUT2D eigenvalue weighted by Crippen LogP contribution is -2.28. The van der Waals surface area contributed by atoms with Crippen molar-refractivity contribution in [2.24, 2.45) is 0 Å². The number of anilines is 2. The van der Waals surface area contributed by atoms with Crippen molar-refractivity contribution in [2.75, 3.05) is 30.9 Å². The summed E-state index contributed by atoms with van der Waals surface area (Å²) in [5.41, 5.74) is 2.18. The van der Waals surface area contributed by atoms with E-state index in [0.717, 1.165) is 18.5 Å². The number of nitrogens with one attached hydrogen (secondary N) is 3. The number of ether oxygens (including phenoxy) is 1. The average molecular weight is 399 g/mol. The Morgan fingerprint density at radius 1 is 1.14 bits per heavy atom. The Labute approximate surface area is 168 Å². The first-order valence-corrected chi connectivity index (χ1v) is 9.55. The molecule has 0 spiro atoms. The van der Waals surface area contributed by atoms with Crippen LogP contribution in [-0.4, -0.2) is 47.5 Å². The van der Waals surface area contributed by atoms with Crippen molar-refractivity contribution in [3.8, 4) is 0 Å². The standard InChI is InChI=1S/C20H25N5O4/c1-13(26)22-14-6-5-7-15(12-14)23-20(28)18-24-17(19(27)21-9-11-29-2)16-8-3-4-10-25(16)18/h5-7,12H,3-4,8-11H2,1-2H3,(H,21,27)(H,22,26)(H,23,28). The highest BCUT2D eigenvalue weighted by molar-refractivity contribution is 6.04. The second-order valence-corrected chi connectivity index (χ2v) is 6.80. The predicted octanol–water partition coefficient (Wildman–Crippen LogP) is 1.81. The minimum absolute atomic E-state index is 0.195. The van der Waals surface area contributed by atoms with Gasteiger partial charge in [-0.3, -0.25) is 14.4 Å². The fourth-order valence-corrected chi connectivity index (χ4v) is 3.31. The summed E-state index contributed by atoms with van der Waals surface area (Å²) in [7, 11) is 1.56. The number of methoxy groups -OCH3 is 1. The second-order valence-electron chi connectivity index (χ2n) is 6.80. The molecule has 1 aliphatic rings. The quantitative estimate of drug-likeness (QED) is 0.615. The number of benzene rings is 1. The molecule has 0 radical (unpaired) electrons. The van der Waals surface area contributed by atoms with Crippen LogP contribution < -0.4 is 16.0 Å². The zero-order valence-electron chi connectivity index (χ0n) is 16.6. The van der Waals surface area contributed by atoms with Crippen molar-refractivity contribution in [1.82, 2.24) is 14.9 Å². The van der Waals surface area contributed by atoms with Crippen LogP contribution in [-0.2, 0) is 22.5 Å². The molecule has 3 amide bonds. The first-order valence-electron chi connectivity index (χ1n) is 9.55. The number of aromatic nitrogens is 2. The average Bonchev–Trinajstić information content (AvgIpc) is 3.08. The summed E-state index contributed by atoms with van der Waals surface area (Å²) in [5.74, 6) is -0.690. The molecular weight excluding hydrogens is 374 g/mol. The summed E-state index contributed by atoms with van der Waals surface area (Å²) >= 11 is 0. The van der Waals surface area contributed by atoms with Gasteiger partial charge in [0.25, 0.3) is 11.8 Å². The van der Waals surface area contributed by atoms with Crippen LogP contribution in [0.25, 0.3) is 0 Å². The van der Waals surface area contributed by atoms with Gasteiger partial charge in [-0.05, 0) is 37.5 Å². The van der Waals surface area contributed by atoms with Crippen molar-refractivity contribution in [3.05, 3.63) is 41.5 Å². The Hall–Kier alpha value is -3.20. The number of nitrogens with zero attached hydrogens (tertiary/aromatic N) is 2. The molecule has 9 nitrogen and oxygen atoms in total. The molecule has 3 rings (SSSR count). The van der Waals surface area contributed by atoms with E-state index in [9.17, 15) is 14.4 Å². The second kappa shape index (κ2) is 9.33. The highest BCUT2D eigenvalue weighted by Crippen LogP contribution is 2.22. The lowest BCUT2D eigenvalue weighted by atomic mass is 10.1. The minimum atomic E-state index is -0.399. The van der Waals surface area contributed by atoms with E-state index in [1.165, 1.54) is 6.92 Å². The SMILES string of the molecule is COCCNC(=O)c1nc(C(=O)Nc2cccc(NC(C)=O)c2)n2c1CCCC2. The monoisotopic (exact) mass is 399 g/mol. The van der Waals surface area contributed by atoms with Gasteiger partial charge in [0.05, 0.1) is 12.3 Å². The van der Waals surface area contributed by atoms with E-state index in [0.29, 0.717) is 37.5 Å². The summed E-state index contributed by atoms with van der Waals surface area (Å²) in [6.45, 7) is 2.84. The topological polar surface area (TPSA) is 114 Å². The molecule has 1 aromatic carbocycles. The largest absolute Gasteiger partial charge is 0.383 e. The normalized spacial score (nSPS) is 12.8. The van der Waals surface area contributed by atoms with Gasteiger partial charge in [0.1, 0.15) is 5.69 Å². The van der Waals surface area contributed by atoms with E-state index in [4.69, 9.17) is 4.74 Å². The van der Waals surface area contributed by atoms with Crippen molar-refractivity contribution in [2.45, 2.75) is 32.7 Å². The molecule has 0 bridgehead atoms. The predicted molar refractivity (Wildman–Crippen MR) is 108 cm³/mol. The lowest BCUT2D eigenvalue weighted by Gasteiger charge is -2.17. The third kappa shape index (κ3) is 5.00. The van der Waals surface area contributed by atoms with Crippen LogP contribution in [0.5, 0.6) is 0 Å². The number of carbonyl (C=O) groups is 3. The van der Waals surface area contributed by atoms with E-state index in [1.807, 2.05) is 4.57 Å². The van der Waals surface area contributed by atoms with Crippen molar-refractivity contribution in [1.29, 1.82) is 0 Å². The maximum absolute atomic E-state index is 12.9. The van der Waals surface area contributed by atoms with E-state index in [-0.39, 0.29) is 23.3 Å². The molecule has 0 saturated heterocycles. The molecule has 2 aromatic rings. The number of carbonyl (C=O) groups excluding carboxylic acids is 3. The van der Waals surface area contributed by atoms with Crippen LogP contribution in [0, 0.1) is 0 Å². The van der Waals surface area contributed by atoms with Crippen molar-refractivity contribution in [3.63, 3.8) is 0 Å². The van der Waals surface area contributed by atoms with Gasteiger partial charge in [0, 0.05) is 38.5 Å². The molecule has 0 unspecified atom stereocenters. The number of amides is 3. The minimum Gasteiger partial charge on any atom is -0.383 e. The number of rotatable bonds is 7. The maximum atomic E-state index is 12.9. The summed E-state index contributed by atoms with van der Waals surface area (Å²) in [5, 5.41) is 8.24. The van der Waals surface area contributed by atoms with Gasteiger partial charge >= 0.3 is 0 Å². The summed E-state index contributed by atoms with van der Waals surface area (Å²) in [6.07, 6.45) is 2.57. The Morgan fingerprint density at radius 3 is 2.62 bits per heavy atom. The first-order chi connectivity index (χ1) is 14.0. The van der Waals surface area contributed by atoms with Crippen LogP contribution in [0.2, 0.25) is 0 Å².